The molecular weight excluding hydrogens is 324 g/mol. The monoisotopic (exact) mass is 344 g/mol. The van der Waals surface area contributed by atoms with Gasteiger partial charge in [-0.05, 0) is 29.7 Å². The molecule has 0 unspecified atom stereocenters. The smallest absolute Gasteiger partial charge is 0.313 e. The van der Waals surface area contributed by atoms with E-state index in [1.54, 1.807) is 17.3 Å². The van der Waals surface area contributed by atoms with Crippen LogP contribution >= 0.6 is 11.8 Å². The van der Waals surface area contributed by atoms with Crippen molar-refractivity contribution in [3.63, 3.8) is 0 Å². The van der Waals surface area contributed by atoms with Crippen LogP contribution in [0.1, 0.15) is 16.7 Å². The molecule has 0 fully saturated rings. The van der Waals surface area contributed by atoms with Crippen molar-refractivity contribution in [1.82, 2.24) is 9.88 Å². The van der Waals surface area contributed by atoms with E-state index in [0.29, 0.717) is 13.1 Å². The minimum absolute atomic E-state index is 0.0726. The van der Waals surface area contributed by atoms with E-state index in [1.165, 1.54) is 0 Å². The van der Waals surface area contributed by atoms with E-state index in [0.717, 1.165) is 28.5 Å². The van der Waals surface area contributed by atoms with Gasteiger partial charge in [-0.3, -0.25) is 14.6 Å². The second kappa shape index (κ2) is 9.08. The highest BCUT2D eigenvalue weighted by molar-refractivity contribution is 8.00. The number of aryl methyl sites for hydroxylation is 1. The third kappa shape index (κ3) is 5.70. The van der Waals surface area contributed by atoms with Gasteiger partial charge in [-0.15, -0.1) is 11.8 Å². The van der Waals surface area contributed by atoms with E-state index < -0.39 is 5.97 Å². The molecule has 1 aromatic heterocycles. The average Bonchev–Trinajstić information content (AvgIpc) is 2.56. The molecule has 0 atom stereocenters. The highest BCUT2D eigenvalue weighted by Crippen LogP contribution is 2.15. The van der Waals surface area contributed by atoms with Crippen LogP contribution in [-0.4, -0.2) is 38.4 Å². The molecule has 0 aliphatic heterocycles. The lowest BCUT2D eigenvalue weighted by molar-refractivity contribution is -0.133. The summed E-state index contributed by atoms with van der Waals surface area (Å²) in [5, 5.41) is 8.72. The van der Waals surface area contributed by atoms with Gasteiger partial charge in [0.15, 0.2) is 0 Å². The second-order valence-corrected chi connectivity index (χ2v) is 6.41. The molecule has 0 spiro atoms. The Balaban J connectivity index is 2.10. The summed E-state index contributed by atoms with van der Waals surface area (Å²) >= 11 is 1.12. The summed E-state index contributed by atoms with van der Waals surface area (Å²) in [5.41, 5.74) is 3.15. The van der Waals surface area contributed by atoms with Crippen molar-refractivity contribution in [2.45, 2.75) is 20.0 Å². The first-order valence-corrected chi connectivity index (χ1v) is 8.72. The van der Waals surface area contributed by atoms with Gasteiger partial charge in [-0.1, -0.05) is 30.3 Å². The van der Waals surface area contributed by atoms with Crippen LogP contribution < -0.4 is 0 Å². The number of carbonyl (C=O) groups excluding carboxylic acids is 1. The predicted molar refractivity (Wildman–Crippen MR) is 94.6 cm³/mol. The zero-order chi connectivity index (χ0) is 17.4. The maximum Gasteiger partial charge on any atom is 0.313 e. The highest BCUT2D eigenvalue weighted by atomic mass is 32.2. The predicted octanol–water partition coefficient (Wildman–Crippen LogP) is 2.74. The molecule has 1 heterocycles. The molecule has 1 amide bonds. The van der Waals surface area contributed by atoms with E-state index in [-0.39, 0.29) is 17.4 Å². The number of carboxylic acid groups (broad SMARTS) is 1. The highest BCUT2D eigenvalue weighted by Gasteiger charge is 2.16. The molecule has 0 radical (unpaired) electrons. The number of carboxylic acids is 1. The first kappa shape index (κ1) is 18.0. The maximum atomic E-state index is 12.5. The number of amides is 1. The Kier molecular flexibility index (Phi) is 6.81. The number of nitrogens with zero attached hydrogens (tertiary/aromatic N) is 2. The van der Waals surface area contributed by atoms with Crippen LogP contribution in [0.2, 0.25) is 0 Å². The Labute approximate surface area is 145 Å². The van der Waals surface area contributed by atoms with Gasteiger partial charge < -0.3 is 10.0 Å². The van der Waals surface area contributed by atoms with E-state index >= 15 is 0 Å². The Morgan fingerprint density at radius 3 is 2.58 bits per heavy atom. The molecule has 2 aromatic rings. The third-order valence-electron chi connectivity index (χ3n) is 3.52. The molecule has 2 rings (SSSR count). The van der Waals surface area contributed by atoms with Crippen LogP contribution in [0.5, 0.6) is 0 Å². The molecule has 0 aliphatic rings. The number of aliphatic carboxylic acids is 1. The summed E-state index contributed by atoms with van der Waals surface area (Å²) in [4.78, 5) is 29.0. The van der Waals surface area contributed by atoms with Crippen molar-refractivity contribution in [3.05, 3.63) is 65.5 Å². The Morgan fingerprint density at radius 2 is 1.92 bits per heavy atom. The van der Waals surface area contributed by atoms with Gasteiger partial charge >= 0.3 is 5.97 Å². The molecule has 126 valence electrons. The molecule has 0 saturated carbocycles. The van der Waals surface area contributed by atoms with Crippen molar-refractivity contribution in [3.8, 4) is 0 Å². The van der Waals surface area contributed by atoms with Gasteiger partial charge in [0.25, 0.3) is 0 Å². The number of pyridine rings is 1. The standard InChI is InChI=1S/C18H20N2O3S/c1-14-5-2-3-7-16(14)11-20(10-15-6-4-8-19-9-15)17(21)12-24-13-18(22)23/h2-9H,10-13H2,1H3,(H,22,23). The zero-order valence-corrected chi connectivity index (χ0v) is 14.3. The van der Waals surface area contributed by atoms with Crippen molar-refractivity contribution in [2.75, 3.05) is 11.5 Å². The number of carbonyl (C=O) groups is 2. The van der Waals surface area contributed by atoms with Gasteiger partial charge in [-0.2, -0.15) is 0 Å². The Hall–Kier alpha value is -2.34. The zero-order valence-electron chi connectivity index (χ0n) is 13.5. The lowest BCUT2D eigenvalue weighted by Crippen LogP contribution is -2.32. The summed E-state index contributed by atoms with van der Waals surface area (Å²) in [6.45, 7) is 2.96. The lowest BCUT2D eigenvalue weighted by atomic mass is 10.1. The molecule has 0 bridgehead atoms. The van der Waals surface area contributed by atoms with Gasteiger partial charge in [0, 0.05) is 25.5 Å². The topological polar surface area (TPSA) is 70.5 Å². The van der Waals surface area contributed by atoms with Crippen LogP contribution in [-0.2, 0) is 22.7 Å². The summed E-state index contributed by atoms with van der Waals surface area (Å²) < 4.78 is 0. The normalized spacial score (nSPS) is 10.4. The van der Waals surface area contributed by atoms with Gasteiger partial charge in [0.1, 0.15) is 0 Å². The number of aromatic nitrogens is 1. The van der Waals surface area contributed by atoms with E-state index in [4.69, 9.17) is 5.11 Å². The lowest BCUT2D eigenvalue weighted by Gasteiger charge is -2.23. The molecule has 1 N–H and O–H groups in total. The average molecular weight is 344 g/mol. The third-order valence-corrected chi connectivity index (χ3v) is 4.42. The van der Waals surface area contributed by atoms with Crippen LogP contribution in [0, 0.1) is 6.92 Å². The second-order valence-electron chi connectivity index (χ2n) is 5.42. The van der Waals surface area contributed by atoms with Crippen molar-refractivity contribution < 1.29 is 14.7 Å². The molecule has 1 aromatic carbocycles. The minimum Gasteiger partial charge on any atom is -0.481 e. The summed E-state index contributed by atoms with van der Waals surface area (Å²) in [7, 11) is 0. The fourth-order valence-electron chi connectivity index (χ4n) is 2.25. The number of benzene rings is 1. The number of hydrogen-bond acceptors (Lipinski definition) is 4. The minimum atomic E-state index is -0.912. The first-order valence-electron chi connectivity index (χ1n) is 7.57. The fourth-order valence-corrected chi connectivity index (χ4v) is 2.89. The maximum absolute atomic E-state index is 12.5. The molecule has 5 nitrogen and oxygen atoms in total. The number of rotatable bonds is 8. The SMILES string of the molecule is Cc1ccccc1CN(Cc1cccnc1)C(=O)CSCC(=O)O. The van der Waals surface area contributed by atoms with E-state index in [9.17, 15) is 9.59 Å². The quantitative estimate of drug-likeness (QED) is 0.797. The van der Waals surface area contributed by atoms with Crippen LogP contribution in [0.25, 0.3) is 0 Å². The Bertz CT molecular complexity index is 692. The van der Waals surface area contributed by atoms with Crippen molar-refractivity contribution >= 4 is 23.6 Å². The van der Waals surface area contributed by atoms with Crippen molar-refractivity contribution in [1.29, 1.82) is 0 Å². The van der Waals surface area contributed by atoms with E-state index in [2.05, 4.69) is 4.98 Å². The molecule has 24 heavy (non-hydrogen) atoms. The fraction of sp³-hybridized carbons (Fsp3) is 0.278. The number of hydrogen-bond donors (Lipinski definition) is 1. The van der Waals surface area contributed by atoms with Crippen LogP contribution in [0.15, 0.2) is 48.8 Å². The van der Waals surface area contributed by atoms with E-state index in [1.807, 2.05) is 43.3 Å². The van der Waals surface area contributed by atoms with Crippen LogP contribution in [0.4, 0.5) is 0 Å². The summed E-state index contributed by atoms with van der Waals surface area (Å²) in [6.07, 6.45) is 3.43. The number of thioether (sulfide) groups is 1. The van der Waals surface area contributed by atoms with Gasteiger partial charge in [0.2, 0.25) is 5.91 Å². The molecular formula is C18H20N2O3S. The summed E-state index contributed by atoms with van der Waals surface area (Å²) in [6, 6.07) is 11.7. The molecule has 6 heteroatoms. The first-order chi connectivity index (χ1) is 11.6. The molecule has 0 aliphatic carbocycles. The van der Waals surface area contributed by atoms with Gasteiger partial charge in [-0.25, -0.2) is 0 Å². The van der Waals surface area contributed by atoms with Gasteiger partial charge in [0.05, 0.1) is 11.5 Å². The van der Waals surface area contributed by atoms with Crippen LogP contribution in [0.3, 0.4) is 0 Å². The Morgan fingerprint density at radius 1 is 1.12 bits per heavy atom. The summed E-state index contributed by atoms with van der Waals surface area (Å²) in [5.74, 6) is -0.909. The largest absolute Gasteiger partial charge is 0.481 e. The van der Waals surface area contributed by atoms with Crippen molar-refractivity contribution in [2.24, 2.45) is 0 Å². The molecule has 0 saturated heterocycles.